The molecule has 23 heavy (non-hydrogen) atoms. The molecule has 1 N–H and O–H groups in total. The van der Waals surface area contributed by atoms with Crippen molar-refractivity contribution in [2.75, 3.05) is 31.1 Å². The number of halogens is 1. The molecule has 0 saturated carbocycles. The van der Waals surface area contributed by atoms with Crippen LogP contribution in [0, 0.1) is 11.7 Å². The van der Waals surface area contributed by atoms with E-state index in [-0.39, 0.29) is 41.7 Å². The van der Waals surface area contributed by atoms with Crippen molar-refractivity contribution in [2.24, 2.45) is 5.92 Å². The second-order valence-corrected chi connectivity index (χ2v) is 8.57. The summed E-state index contributed by atoms with van der Waals surface area (Å²) in [5.41, 5.74) is 0.857. The summed E-state index contributed by atoms with van der Waals surface area (Å²) in [5, 5.41) is 2.97. The quantitative estimate of drug-likeness (QED) is 0.878. The van der Waals surface area contributed by atoms with Gasteiger partial charge in [-0.05, 0) is 23.6 Å². The Balaban J connectivity index is 1.95. The van der Waals surface area contributed by atoms with Crippen LogP contribution in [0.5, 0.6) is 0 Å². The average molecular weight is 342 g/mol. The van der Waals surface area contributed by atoms with Crippen LogP contribution in [0.3, 0.4) is 0 Å². The molecule has 1 amide bonds. The average Bonchev–Trinajstić information content (AvgIpc) is 2.48. The van der Waals surface area contributed by atoms with Crippen molar-refractivity contribution in [3.05, 3.63) is 35.6 Å². The van der Waals surface area contributed by atoms with Crippen LogP contribution in [0.25, 0.3) is 0 Å². The Bertz CT molecular complexity index is 630. The van der Waals surface area contributed by atoms with E-state index in [0.717, 1.165) is 5.56 Å². The fourth-order valence-corrected chi connectivity index (χ4v) is 3.91. The van der Waals surface area contributed by atoms with Crippen LogP contribution in [0.2, 0.25) is 0 Å². The maximum Gasteiger partial charge on any atom is 0.234 e. The Morgan fingerprint density at radius 1 is 1.22 bits per heavy atom. The predicted molar refractivity (Wildman–Crippen MR) is 87.2 cm³/mol. The van der Waals surface area contributed by atoms with Crippen LogP contribution in [0.4, 0.5) is 4.39 Å². The summed E-state index contributed by atoms with van der Waals surface area (Å²) < 4.78 is 35.8. The van der Waals surface area contributed by atoms with Gasteiger partial charge in [0.25, 0.3) is 0 Å². The van der Waals surface area contributed by atoms with E-state index in [0.29, 0.717) is 13.1 Å². The summed E-state index contributed by atoms with van der Waals surface area (Å²) in [4.78, 5) is 14.1. The fourth-order valence-electron chi connectivity index (χ4n) is 2.64. The fraction of sp³-hybridized carbons (Fsp3) is 0.562. The van der Waals surface area contributed by atoms with Crippen LogP contribution >= 0.6 is 0 Å². The summed E-state index contributed by atoms with van der Waals surface area (Å²) in [5.74, 6) is -0.0897. The number of hydrogen-bond donors (Lipinski definition) is 1. The molecule has 0 unspecified atom stereocenters. The lowest BCUT2D eigenvalue weighted by atomic mass is 9.96. The topological polar surface area (TPSA) is 66.5 Å². The SMILES string of the molecule is CC(C)[C@@H](NC(=O)CN1CCS(=O)(=O)CC1)c1ccc(F)cc1. The van der Waals surface area contributed by atoms with Gasteiger partial charge in [0, 0.05) is 13.1 Å². The van der Waals surface area contributed by atoms with Crippen LogP contribution in [0.15, 0.2) is 24.3 Å². The standard InChI is InChI=1S/C16H23FN2O3S/c1-12(2)16(13-3-5-14(17)6-4-13)18-15(20)11-19-7-9-23(21,22)10-8-19/h3-6,12,16H,7-11H2,1-2H3,(H,18,20)/t16-/m1/s1. The molecule has 1 aromatic carbocycles. The van der Waals surface area contributed by atoms with E-state index in [1.165, 1.54) is 12.1 Å². The first-order valence-corrected chi connectivity index (χ1v) is 9.56. The number of nitrogens with one attached hydrogen (secondary N) is 1. The first-order valence-electron chi connectivity index (χ1n) is 7.74. The van der Waals surface area contributed by atoms with Gasteiger partial charge in [0.2, 0.25) is 5.91 Å². The van der Waals surface area contributed by atoms with Crippen molar-refractivity contribution in [1.29, 1.82) is 0 Å². The monoisotopic (exact) mass is 342 g/mol. The van der Waals surface area contributed by atoms with Gasteiger partial charge in [0.1, 0.15) is 5.82 Å². The maximum absolute atomic E-state index is 13.0. The van der Waals surface area contributed by atoms with Crippen LogP contribution in [-0.4, -0.2) is 50.4 Å². The van der Waals surface area contributed by atoms with Crippen LogP contribution < -0.4 is 5.32 Å². The van der Waals surface area contributed by atoms with Gasteiger partial charge in [-0.2, -0.15) is 0 Å². The molecule has 0 aliphatic carbocycles. The summed E-state index contributed by atoms with van der Waals surface area (Å²) in [7, 11) is -2.94. The van der Waals surface area contributed by atoms with E-state index in [4.69, 9.17) is 0 Å². The summed E-state index contributed by atoms with van der Waals surface area (Å²) in [6.45, 7) is 4.93. The molecule has 7 heteroatoms. The number of rotatable bonds is 5. The molecule has 0 radical (unpaired) electrons. The molecule has 1 aliphatic rings. The zero-order valence-corrected chi connectivity index (χ0v) is 14.3. The van der Waals surface area contributed by atoms with E-state index >= 15 is 0 Å². The highest BCUT2D eigenvalue weighted by Crippen LogP contribution is 2.21. The van der Waals surface area contributed by atoms with E-state index in [1.807, 2.05) is 18.7 Å². The third kappa shape index (κ3) is 5.28. The van der Waals surface area contributed by atoms with Crippen LogP contribution in [-0.2, 0) is 14.6 Å². The van der Waals surface area contributed by atoms with Crippen molar-refractivity contribution in [1.82, 2.24) is 10.2 Å². The molecule has 0 aromatic heterocycles. The normalized spacial score (nSPS) is 19.5. The molecule has 0 bridgehead atoms. The highest BCUT2D eigenvalue weighted by molar-refractivity contribution is 7.91. The van der Waals surface area contributed by atoms with E-state index in [2.05, 4.69) is 5.32 Å². The minimum Gasteiger partial charge on any atom is -0.348 e. The molecular weight excluding hydrogens is 319 g/mol. The number of sulfone groups is 1. The summed E-state index contributed by atoms with van der Waals surface area (Å²) >= 11 is 0. The highest BCUT2D eigenvalue weighted by Gasteiger charge is 2.24. The zero-order chi connectivity index (χ0) is 17.0. The Labute approximate surface area is 136 Å². The van der Waals surface area contributed by atoms with Crippen molar-refractivity contribution >= 4 is 15.7 Å². The molecule has 0 spiro atoms. The molecule has 1 atom stereocenters. The lowest BCUT2D eigenvalue weighted by Gasteiger charge is -2.28. The van der Waals surface area contributed by atoms with Crippen molar-refractivity contribution in [3.63, 3.8) is 0 Å². The first kappa shape index (κ1) is 17.9. The summed E-state index contributed by atoms with van der Waals surface area (Å²) in [6.07, 6.45) is 0. The van der Waals surface area contributed by atoms with Gasteiger partial charge in [-0.3, -0.25) is 9.69 Å². The molecule has 1 heterocycles. The maximum atomic E-state index is 13.0. The van der Waals surface area contributed by atoms with E-state index < -0.39 is 9.84 Å². The Kier molecular flexibility index (Phi) is 5.75. The Morgan fingerprint density at radius 3 is 2.30 bits per heavy atom. The van der Waals surface area contributed by atoms with Crippen LogP contribution in [0.1, 0.15) is 25.5 Å². The first-order chi connectivity index (χ1) is 10.8. The second-order valence-electron chi connectivity index (χ2n) is 6.27. The number of nitrogens with zero attached hydrogens (tertiary/aromatic N) is 1. The summed E-state index contributed by atoms with van der Waals surface area (Å²) in [6, 6.07) is 5.91. The van der Waals surface area contributed by atoms with Gasteiger partial charge in [-0.1, -0.05) is 26.0 Å². The third-order valence-electron chi connectivity index (χ3n) is 4.02. The number of amides is 1. The largest absolute Gasteiger partial charge is 0.348 e. The third-order valence-corrected chi connectivity index (χ3v) is 5.63. The highest BCUT2D eigenvalue weighted by atomic mass is 32.2. The Morgan fingerprint density at radius 2 is 1.78 bits per heavy atom. The van der Waals surface area contributed by atoms with Crippen molar-refractivity contribution in [2.45, 2.75) is 19.9 Å². The van der Waals surface area contributed by atoms with Gasteiger partial charge in [-0.15, -0.1) is 0 Å². The smallest absolute Gasteiger partial charge is 0.234 e. The number of carbonyl (C=O) groups is 1. The van der Waals surface area contributed by atoms with Gasteiger partial charge in [0.05, 0.1) is 24.1 Å². The minimum atomic E-state index is -2.94. The molecular formula is C16H23FN2O3S. The second kappa shape index (κ2) is 7.40. The van der Waals surface area contributed by atoms with Gasteiger partial charge in [0.15, 0.2) is 9.84 Å². The molecule has 2 rings (SSSR count). The van der Waals surface area contributed by atoms with Gasteiger partial charge >= 0.3 is 0 Å². The number of hydrogen-bond acceptors (Lipinski definition) is 4. The lowest BCUT2D eigenvalue weighted by Crippen LogP contribution is -2.46. The number of benzene rings is 1. The molecule has 1 aromatic rings. The molecule has 128 valence electrons. The Hall–Kier alpha value is -1.47. The predicted octanol–water partition coefficient (Wildman–Crippen LogP) is 1.37. The molecule has 1 aliphatic heterocycles. The number of carbonyl (C=O) groups excluding carboxylic acids is 1. The van der Waals surface area contributed by atoms with Crippen molar-refractivity contribution in [3.8, 4) is 0 Å². The lowest BCUT2D eigenvalue weighted by molar-refractivity contribution is -0.123. The zero-order valence-electron chi connectivity index (χ0n) is 13.5. The minimum absolute atomic E-state index is 0.103. The molecule has 1 fully saturated rings. The van der Waals surface area contributed by atoms with Crippen molar-refractivity contribution < 1.29 is 17.6 Å². The van der Waals surface area contributed by atoms with Gasteiger partial charge < -0.3 is 5.32 Å². The van der Waals surface area contributed by atoms with Gasteiger partial charge in [-0.25, -0.2) is 12.8 Å². The molecule has 1 saturated heterocycles. The molecule has 5 nitrogen and oxygen atoms in total. The van der Waals surface area contributed by atoms with E-state index in [9.17, 15) is 17.6 Å². The van der Waals surface area contributed by atoms with E-state index in [1.54, 1.807) is 12.1 Å².